The normalized spacial score (nSPS) is 11.7. The number of ether oxygens (including phenoxy) is 1. The summed E-state index contributed by atoms with van der Waals surface area (Å²) in [4.78, 5) is 11.4. The second-order valence-corrected chi connectivity index (χ2v) is 6.36. The first-order chi connectivity index (χ1) is 13.0. The maximum Gasteiger partial charge on any atom is 0.337 e. The van der Waals surface area contributed by atoms with E-state index in [9.17, 15) is 20.1 Å². The van der Waals surface area contributed by atoms with Crippen molar-refractivity contribution in [2.24, 2.45) is 0 Å². The van der Waals surface area contributed by atoms with E-state index in [1.54, 1.807) is 24.3 Å². The highest BCUT2D eigenvalue weighted by atomic mass is 16.5. The number of fused-ring (bicyclic) bond motifs is 2. The summed E-state index contributed by atoms with van der Waals surface area (Å²) in [6.45, 7) is 0. The number of aromatic carboxylic acids is 1. The van der Waals surface area contributed by atoms with Crippen molar-refractivity contribution in [2.45, 2.75) is 12.8 Å². The number of rotatable bonds is 4. The number of phenols is 2. The van der Waals surface area contributed by atoms with Crippen LogP contribution < -0.4 is 10.1 Å². The molecule has 0 fully saturated rings. The van der Waals surface area contributed by atoms with Crippen molar-refractivity contribution in [1.29, 1.82) is 0 Å². The maximum atomic E-state index is 11.4. The number of nitrogens with one attached hydrogen (secondary N) is 1. The predicted octanol–water partition coefficient (Wildman–Crippen LogP) is 4.43. The van der Waals surface area contributed by atoms with E-state index in [1.165, 1.54) is 12.1 Å². The number of phenolic OH excluding ortho intramolecular Hbond substituents is 2. The van der Waals surface area contributed by atoms with Gasteiger partial charge in [-0.05, 0) is 60.4 Å². The lowest BCUT2D eigenvalue weighted by Gasteiger charge is -2.23. The Morgan fingerprint density at radius 2 is 1.63 bits per heavy atom. The number of hydrogen-bond donors (Lipinski definition) is 4. The van der Waals surface area contributed by atoms with Gasteiger partial charge in [-0.25, -0.2) is 4.79 Å². The highest BCUT2D eigenvalue weighted by Gasteiger charge is 2.22. The van der Waals surface area contributed by atoms with E-state index in [2.05, 4.69) is 5.32 Å². The molecule has 1 heterocycles. The van der Waals surface area contributed by atoms with Crippen molar-refractivity contribution < 1.29 is 24.9 Å². The van der Waals surface area contributed by atoms with Gasteiger partial charge in [-0.1, -0.05) is 18.2 Å². The Balaban J connectivity index is 1.56. The number of carbonyl (C=O) groups is 1. The Morgan fingerprint density at radius 3 is 2.37 bits per heavy atom. The summed E-state index contributed by atoms with van der Waals surface area (Å²) in [7, 11) is 0. The van der Waals surface area contributed by atoms with E-state index in [4.69, 9.17) is 4.74 Å². The van der Waals surface area contributed by atoms with E-state index in [0.717, 1.165) is 11.1 Å². The van der Waals surface area contributed by atoms with Crippen LogP contribution in [0, 0.1) is 0 Å². The molecule has 4 rings (SSSR count). The van der Waals surface area contributed by atoms with Gasteiger partial charge in [0, 0.05) is 0 Å². The van der Waals surface area contributed by atoms with Crippen LogP contribution in [-0.4, -0.2) is 21.3 Å². The molecule has 3 aromatic carbocycles. The van der Waals surface area contributed by atoms with Crippen molar-refractivity contribution in [3.05, 3.63) is 71.3 Å². The topological polar surface area (TPSA) is 99.0 Å². The Morgan fingerprint density at radius 1 is 0.889 bits per heavy atom. The van der Waals surface area contributed by atoms with Gasteiger partial charge in [-0.15, -0.1) is 0 Å². The molecule has 1 aliphatic heterocycles. The Hall–Kier alpha value is -3.67. The van der Waals surface area contributed by atoms with Crippen LogP contribution in [-0.2, 0) is 12.8 Å². The number of carboxylic acids is 1. The van der Waals surface area contributed by atoms with Gasteiger partial charge in [0.1, 0.15) is 0 Å². The SMILES string of the molecule is O=C(O)c1cccc2c1Nc1cc(CCc3ccc(O)c(O)c3)ccc1O2. The molecule has 0 unspecified atom stereocenters. The summed E-state index contributed by atoms with van der Waals surface area (Å²) < 4.78 is 5.83. The van der Waals surface area contributed by atoms with Gasteiger partial charge < -0.3 is 25.4 Å². The molecule has 0 saturated carbocycles. The number of carboxylic acid groups (broad SMARTS) is 1. The first-order valence-electron chi connectivity index (χ1n) is 8.46. The Kier molecular flexibility index (Phi) is 4.08. The van der Waals surface area contributed by atoms with Gasteiger partial charge in [0.2, 0.25) is 0 Å². The number of para-hydroxylation sites is 1. The molecular weight excluding hydrogens is 346 g/mol. The molecule has 27 heavy (non-hydrogen) atoms. The van der Waals surface area contributed by atoms with Gasteiger partial charge in [-0.3, -0.25) is 0 Å². The van der Waals surface area contributed by atoms with Crippen LogP contribution in [0.2, 0.25) is 0 Å². The molecule has 6 nitrogen and oxygen atoms in total. The van der Waals surface area contributed by atoms with E-state index in [1.807, 2.05) is 18.2 Å². The first-order valence-corrected chi connectivity index (χ1v) is 8.46. The number of anilines is 2. The van der Waals surface area contributed by atoms with Crippen molar-refractivity contribution in [3.8, 4) is 23.0 Å². The number of aromatic hydroxyl groups is 2. The minimum absolute atomic E-state index is 0.134. The maximum absolute atomic E-state index is 11.4. The van der Waals surface area contributed by atoms with Crippen LogP contribution >= 0.6 is 0 Å². The summed E-state index contributed by atoms with van der Waals surface area (Å²) in [6.07, 6.45) is 1.40. The molecule has 4 N–H and O–H groups in total. The molecule has 0 radical (unpaired) electrons. The smallest absolute Gasteiger partial charge is 0.337 e. The lowest BCUT2D eigenvalue weighted by molar-refractivity contribution is 0.0697. The fraction of sp³-hybridized carbons (Fsp3) is 0.0952. The number of benzene rings is 3. The van der Waals surface area contributed by atoms with Crippen LogP contribution in [0.25, 0.3) is 0 Å². The number of aryl methyl sites for hydroxylation is 2. The van der Waals surface area contributed by atoms with Crippen LogP contribution in [0.3, 0.4) is 0 Å². The fourth-order valence-corrected chi connectivity index (χ4v) is 3.11. The summed E-state index contributed by atoms with van der Waals surface area (Å²) in [5.41, 5.74) is 3.25. The van der Waals surface area contributed by atoms with Crippen molar-refractivity contribution in [3.63, 3.8) is 0 Å². The van der Waals surface area contributed by atoms with E-state index >= 15 is 0 Å². The molecule has 0 spiro atoms. The fourth-order valence-electron chi connectivity index (χ4n) is 3.11. The largest absolute Gasteiger partial charge is 0.504 e. The molecule has 0 amide bonds. The second-order valence-electron chi connectivity index (χ2n) is 6.36. The van der Waals surface area contributed by atoms with Crippen molar-refractivity contribution in [1.82, 2.24) is 0 Å². The van der Waals surface area contributed by atoms with Gasteiger partial charge in [-0.2, -0.15) is 0 Å². The van der Waals surface area contributed by atoms with Crippen molar-refractivity contribution >= 4 is 17.3 Å². The standard InChI is InChI=1S/C21H17NO5/c23-16-8-6-13(11-17(16)24)5-4-12-7-9-18-15(10-12)22-20-14(21(25)26)2-1-3-19(20)27-18/h1-3,6-11,22-24H,4-5H2,(H,25,26). The molecule has 0 aliphatic carbocycles. The molecule has 1 aliphatic rings. The van der Waals surface area contributed by atoms with Gasteiger partial charge in [0.25, 0.3) is 0 Å². The van der Waals surface area contributed by atoms with Crippen LogP contribution in [0.5, 0.6) is 23.0 Å². The third kappa shape index (κ3) is 3.25. The average molecular weight is 363 g/mol. The quantitative estimate of drug-likeness (QED) is 0.400. The van der Waals surface area contributed by atoms with Gasteiger partial charge >= 0.3 is 5.97 Å². The van der Waals surface area contributed by atoms with E-state index in [0.29, 0.717) is 35.7 Å². The molecular formula is C21H17NO5. The Labute approximate surface area is 155 Å². The average Bonchev–Trinajstić information content (AvgIpc) is 2.66. The molecule has 3 aromatic rings. The highest BCUT2D eigenvalue weighted by Crippen LogP contribution is 2.43. The Bertz CT molecular complexity index is 1040. The zero-order valence-electron chi connectivity index (χ0n) is 14.3. The molecule has 6 heteroatoms. The zero-order valence-corrected chi connectivity index (χ0v) is 14.3. The summed E-state index contributed by atoms with van der Waals surface area (Å²) in [6, 6.07) is 15.4. The van der Waals surface area contributed by atoms with Crippen LogP contribution in [0.1, 0.15) is 21.5 Å². The minimum Gasteiger partial charge on any atom is -0.504 e. The second kappa shape index (κ2) is 6.57. The van der Waals surface area contributed by atoms with Gasteiger partial charge in [0.15, 0.2) is 23.0 Å². The first kappa shape index (κ1) is 16.8. The lowest BCUT2D eigenvalue weighted by atomic mass is 10.0. The minimum atomic E-state index is -1.02. The summed E-state index contributed by atoms with van der Waals surface area (Å²) in [5.74, 6) is -0.173. The van der Waals surface area contributed by atoms with E-state index in [-0.39, 0.29) is 17.1 Å². The third-order valence-corrected chi connectivity index (χ3v) is 4.52. The number of hydrogen-bond acceptors (Lipinski definition) is 5. The van der Waals surface area contributed by atoms with Crippen LogP contribution in [0.4, 0.5) is 11.4 Å². The van der Waals surface area contributed by atoms with Crippen molar-refractivity contribution in [2.75, 3.05) is 5.32 Å². The van der Waals surface area contributed by atoms with Gasteiger partial charge in [0.05, 0.1) is 16.9 Å². The molecule has 0 saturated heterocycles. The predicted molar refractivity (Wildman–Crippen MR) is 100 cm³/mol. The molecule has 0 bridgehead atoms. The third-order valence-electron chi connectivity index (χ3n) is 4.52. The van der Waals surface area contributed by atoms with Crippen LogP contribution in [0.15, 0.2) is 54.6 Å². The lowest BCUT2D eigenvalue weighted by Crippen LogP contribution is -2.09. The molecule has 0 atom stereocenters. The zero-order chi connectivity index (χ0) is 19.0. The summed E-state index contributed by atoms with van der Waals surface area (Å²) >= 11 is 0. The monoisotopic (exact) mass is 363 g/mol. The molecule has 136 valence electrons. The van der Waals surface area contributed by atoms with E-state index < -0.39 is 5.97 Å². The molecule has 0 aromatic heterocycles. The summed E-state index contributed by atoms with van der Waals surface area (Å²) in [5, 5.41) is 31.5. The highest BCUT2D eigenvalue weighted by molar-refractivity contribution is 5.98.